The lowest BCUT2D eigenvalue weighted by molar-refractivity contribution is 0.122. The molecule has 1 aliphatic rings. The van der Waals surface area contributed by atoms with E-state index in [1.165, 1.54) is 12.1 Å². The quantitative estimate of drug-likeness (QED) is 0.780. The van der Waals surface area contributed by atoms with Crippen LogP contribution in [0.2, 0.25) is 5.02 Å². The number of hydrogen-bond donors (Lipinski definition) is 1. The lowest BCUT2D eigenvalue weighted by Crippen LogP contribution is -2.17. The normalized spacial score (nSPS) is 26.6. The number of aliphatic hydroxyl groups excluding tert-OH is 1. The zero-order chi connectivity index (χ0) is 10.8. The van der Waals surface area contributed by atoms with E-state index in [-0.39, 0.29) is 11.9 Å². The van der Waals surface area contributed by atoms with E-state index in [1.807, 2.05) is 0 Å². The number of aliphatic hydroxyl groups is 1. The van der Waals surface area contributed by atoms with Gasteiger partial charge in [0.1, 0.15) is 5.82 Å². The van der Waals surface area contributed by atoms with Crippen molar-refractivity contribution in [3.05, 3.63) is 34.6 Å². The molecule has 1 aromatic carbocycles. The second-order valence-corrected chi connectivity index (χ2v) is 4.58. The van der Waals surface area contributed by atoms with Crippen molar-refractivity contribution in [3.63, 3.8) is 0 Å². The molecule has 82 valence electrons. The molecule has 0 aromatic heterocycles. The van der Waals surface area contributed by atoms with E-state index >= 15 is 0 Å². The molecule has 0 radical (unpaired) electrons. The lowest BCUT2D eigenvalue weighted by atomic mass is 9.83. The number of hydrogen-bond acceptors (Lipinski definition) is 1. The van der Waals surface area contributed by atoms with Gasteiger partial charge in [-0.05, 0) is 49.3 Å². The third-order valence-corrected chi connectivity index (χ3v) is 3.43. The Morgan fingerprint density at radius 1 is 1.20 bits per heavy atom. The predicted octanol–water partition coefficient (Wildman–Crippen LogP) is 3.50. The van der Waals surface area contributed by atoms with Gasteiger partial charge in [-0.1, -0.05) is 17.7 Å². The van der Waals surface area contributed by atoms with E-state index in [4.69, 9.17) is 11.6 Å². The summed E-state index contributed by atoms with van der Waals surface area (Å²) in [6.07, 6.45) is 3.34. The molecular weight excluding hydrogens is 215 g/mol. The standard InChI is InChI=1S/C12H14ClFO/c13-12-7-9(14)3-6-11(12)8-1-4-10(15)5-2-8/h3,6-8,10,15H,1-2,4-5H2. The predicted molar refractivity (Wildman–Crippen MR) is 58.6 cm³/mol. The highest BCUT2D eigenvalue weighted by atomic mass is 35.5. The maximum atomic E-state index is 12.9. The minimum atomic E-state index is -0.292. The minimum absolute atomic E-state index is 0.166. The van der Waals surface area contributed by atoms with Gasteiger partial charge in [-0.15, -0.1) is 0 Å². The van der Waals surface area contributed by atoms with Gasteiger partial charge in [-0.3, -0.25) is 0 Å². The van der Waals surface area contributed by atoms with Crippen LogP contribution >= 0.6 is 11.6 Å². The van der Waals surface area contributed by atoms with Crippen molar-refractivity contribution in [1.82, 2.24) is 0 Å². The molecule has 1 fully saturated rings. The van der Waals surface area contributed by atoms with Crippen LogP contribution in [0.1, 0.15) is 37.2 Å². The Labute approximate surface area is 93.9 Å². The van der Waals surface area contributed by atoms with Crippen molar-refractivity contribution < 1.29 is 9.50 Å². The highest BCUT2D eigenvalue weighted by molar-refractivity contribution is 6.31. The summed E-state index contributed by atoms with van der Waals surface area (Å²) in [6, 6.07) is 4.58. The highest BCUT2D eigenvalue weighted by Gasteiger charge is 2.22. The fraction of sp³-hybridized carbons (Fsp3) is 0.500. The Morgan fingerprint density at radius 3 is 2.47 bits per heavy atom. The van der Waals surface area contributed by atoms with Crippen LogP contribution in [0.5, 0.6) is 0 Å². The molecular formula is C12H14ClFO. The topological polar surface area (TPSA) is 20.2 Å². The van der Waals surface area contributed by atoms with Gasteiger partial charge in [0.25, 0.3) is 0 Å². The molecule has 0 amide bonds. The van der Waals surface area contributed by atoms with Crippen LogP contribution in [-0.4, -0.2) is 11.2 Å². The minimum Gasteiger partial charge on any atom is -0.393 e. The van der Waals surface area contributed by atoms with Crippen LogP contribution in [0, 0.1) is 5.82 Å². The van der Waals surface area contributed by atoms with Gasteiger partial charge in [0.15, 0.2) is 0 Å². The van der Waals surface area contributed by atoms with Crippen molar-refractivity contribution in [1.29, 1.82) is 0 Å². The van der Waals surface area contributed by atoms with Crippen LogP contribution in [0.4, 0.5) is 4.39 Å². The Bertz CT molecular complexity index is 345. The number of rotatable bonds is 1. The average molecular weight is 229 g/mol. The zero-order valence-electron chi connectivity index (χ0n) is 8.42. The molecule has 1 saturated carbocycles. The average Bonchev–Trinajstić information content (AvgIpc) is 2.20. The summed E-state index contributed by atoms with van der Waals surface area (Å²) in [5.74, 6) is 0.0843. The monoisotopic (exact) mass is 228 g/mol. The molecule has 0 saturated heterocycles. The fourth-order valence-electron chi connectivity index (χ4n) is 2.22. The second kappa shape index (κ2) is 4.50. The number of benzene rings is 1. The Morgan fingerprint density at radius 2 is 1.87 bits per heavy atom. The summed E-state index contributed by atoms with van der Waals surface area (Å²) in [5.41, 5.74) is 1.02. The summed E-state index contributed by atoms with van der Waals surface area (Å²) in [5, 5.41) is 9.90. The van der Waals surface area contributed by atoms with E-state index in [9.17, 15) is 9.50 Å². The summed E-state index contributed by atoms with van der Waals surface area (Å²) in [7, 11) is 0. The van der Waals surface area contributed by atoms with Crippen LogP contribution in [0.3, 0.4) is 0 Å². The Balaban J connectivity index is 2.15. The van der Waals surface area contributed by atoms with Gasteiger partial charge in [-0.2, -0.15) is 0 Å². The zero-order valence-corrected chi connectivity index (χ0v) is 9.17. The van der Waals surface area contributed by atoms with Crippen LogP contribution in [-0.2, 0) is 0 Å². The van der Waals surface area contributed by atoms with Crippen molar-refractivity contribution in [2.45, 2.75) is 37.7 Å². The molecule has 0 atom stereocenters. The largest absolute Gasteiger partial charge is 0.393 e. The molecule has 0 aliphatic heterocycles. The lowest BCUT2D eigenvalue weighted by Gasteiger charge is -2.26. The summed E-state index contributed by atoms with van der Waals surface area (Å²) < 4.78 is 12.9. The maximum Gasteiger partial charge on any atom is 0.124 e. The molecule has 0 unspecified atom stereocenters. The molecule has 1 aromatic rings. The van der Waals surface area contributed by atoms with Gasteiger partial charge in [-0.25, -0.2) is 4.39 Å². The second-order valence-electron chi connectivity index (χ2n) is 4.17. The first-order valence-electron chi connectivity index (χ1n) is 5.30. The SMILES string of the molecule is OC1CCC(c2ccc(F)cc2Cl)CC1. The van der Waals surface area contributed by atoms with Crippen LogP contribution in [0.25, 0.3) is 0 Å². The smallest absolute Gasteiger partial charge is 0.124 e. The van der Waals surface area contributed by atoms with Crippen molar-refractivity contribution in [2.24, 2.45) is 0 Å². The fourth-order valence-corrected chi connectivity index (χ4v) is 2.54. The van der Waals surface area contributed by atoms with Gasteiger partial charge < -0.3 is 5.11 Å². The van der Waals surface area contributed by atoms with E-state index in [2.05, 4.69) is 0 Å². The van der Waals surface area contributed by atoms with Crippen LogP contribution in [0.15, 0.2) is 18.2 Å². The van der Waals surface area contributed by atoms with E-state index in [1.54, 1.807) is 6.07 Å². The van der Waals surface area contributed by atoms with Crippen molar-refractivity contribution in [2.75, 3.05) is 0 Å². The molecule has 0 bridgehead atoms. The Hall–Kier alpha value is -0.600. The van der Waals surface area contributed by atoms with Crippen LogP contribution < -0.4 is 0 Å². The molecule has 0 heterocycles. The first kappa shape index (κ1) is 10.9. The first-order valence-corrected chi connectivity index (χ1v) is 5.67. The molecule has 1 nitrogen and oxygen atoms in total. The summed E-state index contributed by atoms with van der Waals surface area (Å²) >= 11 is 6.00. The molecule has 15 heavy (non-hydrogen) atoms. The molecule has 2 rings (SSSR count). The maximum absolute atomic E-state index is 12.9. The van der Waals surface area contributed by atoms with Crippen molar-refractivity contribution >= 4 is 11.6 Å². The third-order valence-electron chi connectivity index (χ3n) is 3.10. The highest BCUT2D eigenvalue weighted by Crippen LogP contribution is 2.36. The van der Waals surface area contributed by atoms with E-state index in [0.29, 0.717) is 10.9 Å². The van der Waals surface area contributed by atoms with Crippen molar-refractivity contribution in [3.8, 4) is 0 Å². The summed E-state index contributed by atoms with van der Waals surface area (Å²) in [4.78, 5) is 0. The Kier molecular flexibility index (Phi) is 3.27. The third kappa shape index (κ3) is 2.50. The molecule has 0 spiro atoms. The molecule has 1 N–H and O–H groups in total. The molecule has 3 heteroatoms. The molecule has 1 aliphatic carbocycles. The van der Waals surface area contributed by atoms with Gasteiger partial charge in [0, 0.05) is 5.02 Å². The number of halogens is 2. The first-order chi connectivity index (χ1) is 7.16. The van der Waals surface area contributed by atoms with E-state index in [0.717, 1.165) is 31.2 Å². The summed E-state index contributed by atoms with van der Waals surface area (Å²) in [6.45, 7) is 0. The van der Waals surface area contributed by atoms with Gasteiger partial charge >= 0.3 is 0 Å². The van der Waals surface area contributed by atoms with Gasteiger partial charge in [0.05, 0.1) is 6.10 Å². The van der Waals surface area contributed by atoms with Gasteiger partial charge in [0.2, 0.25) is 0 Å². The van der Waals surface area contributed by atoms with E-state index < -0.39 is 0 Å².